The second-order valence-electron chi connectivity index (χ2n) is 6.44. The van der Waals surface area contributed by atoms with E-state index in [9.17, 15) is 4.79 Å². The average molecular weight is 345 g/mol. The van der Waals surface area contributed by atoms with Crippen LogP contribution in [0.1, 0.15) is 26.3 Å². The summed E-state index contributed by atoms with van der Waals surface area (Å²) < 4.78 is 5.40. The van der Waals surface area contributed by atoms with Gasteiger partial charge in [-0.2, -0.15) is 0 Å². The van der Waals surface area contributed by atoms with Crippen molar-refractivity contribution in [1.82, 2.24) is 9.80 Å². The second kappa shape index (κ2) is 7.07. The maximum absolute atomic E-state index is 12.0. The van der Waals surface area contributed by atoms with Crippen molar-refractivity contribution in [2.45, 2.75) is 32.9 Å². The number of rotatable bonds is 2. The van der Waals surface area contributed by atoms with E-state index in [1.165, 1.54) is 0 Å². The number of ether oxygens (including phenoxy) is 1. The molecule has 4 nitrogen and oxygen atoms in total. The molecule has 0 aromatic heterocycles. The SMILES string of the molecule is CC(C)(C)OC(=O)N1CCN(Cc2c(Cl)cccc2Cl)CC1. The van der Waals surface area contributed by atoms with E-state index in [1.807, 2.05) is 39.0 Å². The Morgan fingerprint density at radius 3 is 2.18 bits per heavy atom. The highest BCUT2D eigenvalue weighted by molar-refractivity contribution is 6.35. The first-order valence-corrected chi connectivity index (χ1v) is 8.15. The van der Waals surface area contributed by atoms with Gasteiger partial charge in [0.25, 0.3) is 0 Å². The van der Waals surface area contributed by atoms with Crippen LogP contribution in [-0.2, 0) is 11.3 Å². The topological polar surface area (TPSA) is 32.8 Å². The maximum Gasteiger partial charge on any atom is 0.410 e. The zero-order chi connectivity index (χ0) is 16.3. The Kier molecular flexibility index (Phi) is 5.59. The molecule has 0 atom stereocenters. The van der Waals surface area contributed by atoms with Gasteiger partial charge in [0, 0.05) is 48.3 Å². The highest BCUT2D eigenvalue weighted by Gasteiger charge is 2.26. The molecule has 1 aromatic carbocycles. The maximum atomic E-state index is 12.0. The summed E-state index contributed by atoms with van der Waals surface area (Å²) in [6, 6.07) is 5.54. The lowest BCUT2D eigenvalue weighted by molar-refractivity contribution is 0.0139. The molecule has 0 radical (unpaired) electrons. The summed E-state index contributed by atoms with van der Waals surface area (Å²) in [6.45, 7) is 9.18. The molecule has 1 aromatic rings. The van der Waals surface area contributed by atoms with Crippen molar-refractivity contribution in [3.05, 3.63) is 33.8 Å². The van der Waals surface area contributed by atoms with Crippen LogP contribution in [0.15, 0.2) is 18.2 Å². The number of nitrogens with zero attached hydrogens (tertiary/aromatic N) is 2. The van der Waals surface area contributed by atoms with Gasteiger partial charge in [0.05, 0.1) is 0 Å². The minimum atomic E-state index is -0.459. The van der Waals surface area contributed by atoms with Gasteiger partial charge in [0.1, 0.15) is 5.60 Å². The number of carbonyl (C=O) groups is 1. The lowest BCUT2D eigenvalue weighted by Gasteiger charge is -2.35. The van der Waals surface area contributed by atoms with Gasteiger partial charge < -0.3 is 9.64 Å². The third-order valence-electron chi connectivity index (χ3n) is 3.47. The van der Waals surface area contributed by atoms with E-state index in [4.69, 9.17) is 27.9 Å². The molecule has 0 aliphatic carbocycles. The van der Waals surface area contributed by atoms with Gasteiger partial charge in [-0.3, -0.25) is 4.90 Å². The van der Waals surface area contributed by atoms with Crippen LogP contribution in [0.3, 0.4) is 0 Å². The first-order chi connectivity index (χ1) is 10.3. The monoisotopic (exact) mass is 344 g/mol. The number of piperazine rings is 1. The molecule has 0 N–H and O–H groups in total. The van der Waals surface area contributed by atoms with E-state index in [0.717, 1.165) is 18.7 Å². The van der Waals surface area contributed by atoms with Crippen molar-refractivity contribution in [3.8, 4) is 0 Å². The van der Waals surface area contributed by atoms with Gasteiger partial charge in [-0.05, 0) is 32.9 Å². The zero-order valence-corrected chi connectivity index (χ0v) is 14.7. The Hall–Kier alpha value is -0.970. The second-order valence-corrected chi connectivity index (χ2v) is 7.26. The third kappa shape index (κ3) is 4.77. The summed E-state index contributed by atoms with van der Waals surface area (Å²) in [5.74, 6) is 0. The standard InChI is InChI=1S/C16H22Cl2N2O2/c1-16(2,3)22-15(21)20-9-7-19(8-10-20)11-12-13(17)5-4-6-14(12)18/h4-6H,7-11H2,1-3H3. The summed E-state index contributed by atoms with van der Waals surface area (Å²) in [5.41, 5.74) is 0.482. The summed E-state index contributed by atoms with van der Waals surface area (Å²) in [7, 11) is 0. The lowest BCUT2D eigenvalue weighted by atomic mass is 10.2. The zero-order valence-electron chi connectivity index (χ0n) is 13.2. The third-order valence-corrected chi connectivity index (χ3v) is 4.18. The lowest BCUT2D eigenvalue weighted by Crippen LogP contribution is -2.49. The number of hydrogen-bond donors (Lipinski definition) is 0. The predicted octanol–water partition coefficient (Wildman–Crippen LogP) is 4.05. The van der Waals surface area contributed by atoms with Crippen LogP contribution in [-0.4, -0.2) is 47.7 Å². The molecule has 2 rings (SSSR count). The first-order valence-electron chi connectivity index (χ1n) is 7.39. The molecular formula is C16H22Cl2N2O2. The van der Waals surface area contributed by atoms with Crippen molar-refractivity contribution in [2.75, 3.05) is 26.2 Å². The van der Waals surface area contributed by atoms with Crippen LogP contribution in [0, 0.1) is 0 Å². The fraction of sp³-hybridized carbons (Fsp3) is 0.562. The van der Waals surface area contributed by atoms with E-state index in [-0.39, 0.29) is 6.09 Å². The fourth-order valence-corrected chi connectivity index (χ4v) is 2.84. The van der Waals surface area contributed by atoms with Crippen LogP contribution >= 0.6 is 23.2 Å². The predicted molar refractivity (Wildman–Crippen MR) is 89.5 cm³/mol. The van der Waals surface area contributed by atoms with E-state index in [0.29, 0.717) is 29.7 Å². The van der Waals surface area contributed by atoms with E-state index in [2.05, 4.69) is 4.90 Å². The van der Waals surface area contributed by atoms with Gasteiger partial charge in [-0.25, -0.2) is 4.79 Å². The molecule has 1 saturated heterocycles. The molecular weight excluding hydrogens is 323 g/mol. The molecule has 22 heavy (non-hydrogen) atoms. The summed E-state index contributed by atoms with van der Waals surface area (Å²) in [6.07, 6.45) is -0.247. The van der Waals surface area contributed by atoms with Crippen molar-refractivity contribution in [2.24, 2.45) is 0 Å². The molecule has 1 fully saturated rings. The van der Waals surface area contributed by atoms with Crippen molar-refractivity contribution in [3.63, 3.8) is 0 Å². The Balaban J connectivity index is 1.89. The van der Waals surface area contributed by atoms with Gasteiger partial charge in [0.15, 0.2) is 0 Å². The summed E-state index contributed by atoms with van der Waals surface area (Å²) >= 11 is 12.4. The highest BCUT2D eigenvalue weighted by Crippen LogP contribution is 2.26. The average Bonchev–Trinajstić information content (AvgIpc) is 2.42. The van der Waals surface area contributed by atoms with Gasteiger partial charge in [-0.15, -0.1) is 0 Å². The number of amides is 1. The highest BCUT2D eigenvalue weighted by atomic mass is 35.5. The Labute approximate surface area is 141 Å². The van der Waals surface area contributed by atoms with Gasteiger partial charge in [-0.1, -0.05) is 29.3 Å². The number of carbonyl (C=O) groups excluding carboxylic acids is 1. The number of benzene rings is 1. The largest absolute Gasteiger partial charge is 0.444 e. The van der Waals surface area contributed by atoms with E-state index >= 15 is 0 Å². The quantitative estimate of drug-likeness (QED) is 0.811. The molecule has 6 heteroatoms. The molecule has 1 amide bonds. The molecule has 0 bridgehead atoms. The minimum absolute atomic E-state index is 0.247. The molecule has 0 unspecified atom stereocenters. The van der Waals surface area contributed by atoms with Crippen molar-refractivity contribution < 1.29 is 9.53 Å². The van der Waals surface area contributed by atoms with Gasteiger partial charge >= 0.3 is 6.09 Å². The number of hydrogen-bond acceptors (Lipinski definition) is 3. The van der Waals surface area contributed by atoms with Crippen LogP contribution in [0.25, 0.3) is 0 Å². The van der Waals surface area contributed by atoms with Crippen LogP contribution in [0.5, 0.6) is 0 Å². The Bertz CT molecular complexity index is 515. The first kappa shape index (κ1) is 17.4. The fourth-order valence-electron chi connectivity index (χ4n) is 2.32. The van der Waals surface area contributed by atoms with E-state index in [1.54, 1.807) is 4.90 Å². The molecule has 1 heterocycles. The minimum Gasteiger partial charge on any atom is -0.444 e. The van der Waals surface area contributed by atoms with Gasteiger partial charge in [0.2, 0.25) is 0 Å². The number of halogens is 2. The Morgan fingerprint density at radius 1 is 1.14 bits per heavy atom. The van der Waals surface area contributed by atoms with Crippen LogP contribution < -0.4 is 0 Å². The normalized spacial score (nSPS) is 16.7. The van der Waals surface area contributed by atoms with Crippen LogP contribution in [0.4, 0.5) is 4.79 Å². The van der Waals surface area contributed by atoms with Crippen molar-refractivity contribution >= 4 is 29.3 Å². The molecule has 122 valence electrons. The van der Waals surface area contributed by atoms with Crippen LogP contribution in [0.2, 0.25) is 10.0 Å². The molecule has 1 aliphatic rings. The molecule has 0 spiro atoms. The molecule has 1 aliphatic heterocycles. The summed E-state index contributed by atoms with van der Waals surface area (Å²) in [4.78, 5) is 16.0. The molecule has 0 saturated carbocycles. The smallest absolute Gasteiger partial charge is 0.410 e. The van der Waals surface area contributed by atoms with E-state index < -0.39 is 5.60 Å². The van der Waals surface area contributed by atoms with Crippen molar-refractivity contribution in [1.29, 1.82) is 0 Å². The Morgan fingerprint density at radius 2 is 1.68 bits per heavy atom. The summed E-state index contributed by atoms with van der Waals surface area (Å²) in [5, 5.41) is 1.36.